The summed E-state index contributed by atoms with van der Waals surface area (Å²) in [5.41, 5.74) is 3.12. The molecule has 1 N–H and O–H groups in total. The van der Waals surface area contributed by atoms with E-state index in [4.69, 9.17) is 9.47 Å². The van der Waals surface area contributed by atoms with Gasteiger partial charge in [-0.2, -0.15) is 0 Å². The predicted molar refractivity (Wildman–Crippen MR) is 95.9 cm³/mol. The fraction of sp³-hybridized carbons (Fsp3) is 0.167. The van der Waals surface area contributed by atoms with Crippen LogP contribution in [0.25, 0.3) is 10.9 Å². The second kappa shape index (κ2) is 7.70. The molecule has 0 bridgehead atoms. The lowest BCUT2D eigenvalue weighted by Gasteiger charge is -2.13. The zero-order valence-corrected chi connectivity index (χ0v) is 13.9. The summed E-state index contributed by atoms with van der Waals surface area (Å²) < 4.78 is 10.7. The van der Waals surface area contributed by atoms with Crippen LogP contribution < -0.4 is 14.8 Å². The molecule has 0 fully saturated rings. The fourth-order valence-electron chi connectivity index (χ4n) is 2.42. The van der Waals surface area contributed by atoms with Gasteiger partial charge in [-0.05, 0) is 17.7 Å². The Morgan fingerprint density at radius 3 is 2.35 bits per heavy atom. The molecule has 0 saturated carbocycles. The third-order valence-electron chi connectivity index (χ3n) is 3.57. The number of halogens is 1. The molecule has 0 radical (unpaired) electrons. The van der Waals surface area contributed by atoms with Gasteiger partial charge in [0.15, 0.2) is 11.5 Å². The Balaban J connectivity index is 0.00000192. The summed E-state index contributed by atoms with van der Waals surface area (Å²) in [5.74, 6) is 1.38. The van der Waals surface area contributed by atoms with Gasteiger partial charge < -0.3 is 14.8 Å². The Morgan fingerprint density at radius 2 is 1.65 bits per heavy atom. The van der Waals surface area contributed by atoms with Crippen molar-refractivity contribution in [3.05, 3.63) is 60.3 Å². The van der Waals surface area contributed by atoms with E-state index >= 15 is 0 Å². The van der Waals surface area contributed by atoms with Gasteiger partial charge in [0.1, 0.15) is 0 Å². The number of hydrogen-bond donors (Lipinski definition) is 1. The minimum Gasteiger partial charge on any atom is -0.493 e. The van der Waals surface area contributed by atoms with Gasteiger partial charge in [-0.1, -0.05) is 30.3 Å². The standard InChI is InChI=1S/C18H18N2O2.ClH/c1-21-17-10-14-15(20-12-13-6-4-3-5-7-13)8-9-19-16(14)11-18(17)22-2;/h3-11H,12H2,1-2H3,(H,19,20);1H. The average Bonchev–Trinajstić information content (AvgIpc) is 2.59. The molecule has 0 aliphatic heterocycles. The van der Waals surface area contributed by atoms with E-state index in [0.29, 0.717) is 11.5 Å². The van der Waals surface area contributed by atoms with Crippen LogP contribution in [0.2, 0.25) is 0 Å². The summed E-state index contributed by atoms with van der Waals surface area (Å²) >= 11 is 0. The lowest BCUT2D eigenvalue weighted by Crippen LogP contribution is -2.00. The summed E-state index contributed by atoms with van der Waals surface area (Å²) in [6.45, 7) is 0.758. The van der Waals surface area contributed by atoms with Crippen LogP contribution in [-0.2, 0) is 6.54 Å². The van der Waals surface area contributed by atoms with Gasteiger partial charge in [-0.3, -0.25) is 4.98 Å². The Hall–Kier alpha value is -2.46. The number of benzene rings is 2. The number of hydrogen-bond acceptors (Lipinski definition) is 4. The van der Waals surface area contributed by atoms with Crippen LogP contribution in [0, 0.1) is 0 Å². The molecule has 0 spiro atoms. The zero-order chi connectivity index (χ0) is 15.4. The van der Waals surface area contributed by atoms with Crippen molar-refractivity contribution in [1.82, 2.24) is 4.98 Å². The van der Waals surface area contributed by atoms with Crippen molar-refractivity contribution in [2.45, 2.75) is 6.54 Å². The molecule has 120 valence electrons. The lowest BCUT2D eigenvalue weighted by molar-refractivity contribution is 0.356. The highest BCUT2D eigenvalue weighted by atomic mass is 35.5. The predicted octanol–water partition coefficient (Wildman–Crippen LogP) is 4.29. The highest BCUT2D eigenvalue weighted by Crippen LogP contribution is 2.34. The van der Waals surface area contributed by atoms with Crippen molar-refractivity contribution in [1.29, 1.82) is 0 Å². The number of anilines is 1. The van der Waals surface area contributed by atoms with Crippen molar-refractivity contribution in [3.8, 4) is 11.5 Å². The number of rotatable bonds is 5. The van der Waals surface area contributed by atoms with Crippen molar-refractivity contribution >= 4 is 29.0 Å². The first-order valence-electron chi connectivity index (χ1n) is 7.10. The quantitative estimate of drug-likeness (QED) is 0.758. The molecule has 0 atom stereocenters. The number of pyridine rings is 1. The minimum atomic E-state index is 0. The molecule has 0 unspecified atom stereocenters. The summed E-state index contributed by atoms with van der Waals surface area (Å²) in [5, 5.41) is 4.47. The summed E-state index contributed by atoms with van der Waals surface area (Å²) in [4.78, 5) is 4.41. The fourth-order valence-corrected chi connectivity index (χ4v) is 2.42. The maximum atomic E-state index is 5.38. The first-order chi connectivity index (χ1) is 10.8. The van der Waals surface area contributed by atoms with E-state index < -0.39 is 0 Å². The van der Waals surface area contributed by atoms with Gasteiger partial charge >= 0.3 is 0 Å². The molecule has 0 saturated heterocycles. The first-order valence-corrected chi connectivity index (χ1v) is 7.10. The van der Waals surface area contributed by atoms with E-state index in [9.17, 15) is 0 Å². The van der Waals surface area contributed by atoms with Crippen LogP contribution in [0.4, 0.5) is 5.69 Å². The summed E-state index contributed by atoms with van der Waals surface area (Å²) in [6, 6.07) is 16.1. The van der Waals surface area contributed by atoms with Crippen LogP contribution >= 0.6 is 12.4 Å². The molecular formula is C18H19ClN2O2. The van der Waals surface area contributed by atoms with E-state index in [1.807, 2.05) is 36.4 Å². The molecule has 1 aromatic heterocycles. The zero-order valence-electron chi connectivity index (χ0n) is 13.1. The first kappa shape index (κ1) is 16.9. The molecule has 3 rings (SSSR count). The largest absolute Gasteiger partial charge is 0.493 e. The second-order valence-corrected chi connectivity index (χ2v) is 4.92. The van der Waals surface area contributed by atoms with E-state index in [-0.39, 0.29) is 12.4 Å². The molecule has 0 aliphatic carbocycles. The van der Waals surface area contributed by atoms with Gasteiger partial charge in [0, 0.05) is 29.9 Å². The number of ether oxygens (including phenoxy) is 2. The van der Waals surface area contributed by atoms with Gasteiger partial charge in [-0.25, -0.2) is 0 Å². The molecule has 0 amide bonds. The number of aromatic nitrogens is 1. The molecule has 4 nitrogen and oxygen atoms in total. The van der Waals surface area contributed by atoms with Gasteiger partial charge in [0.25, 0.3) is 0 Å². The van der Waals surface area contributed by atoms with Crippen LogP contribution in [0.5, 0.6) is 11.5 Å². The molecule has 5 heteroatoms. The molecule has 2 aromatic carbocycles. The van der Waals surface area contributed by atoms with Crippen molar-refractivity contribution in [2.75, 3.05) is 19.5 Å². The number of nitrogens with one attached hydrogen (secondary N) is 1. The highest BCUT2D eigenvalue weighted by Gasteiger charge is 2.09. The van der Waals surface area contributed by atoms with Crippen LogP contribution in [-0.4, -0.2) is 19.2 Å². The Labute approximate surface area is 141 Å². The summed E-state index contributed by atoms with van der Waals surface area (Å²) in [7, 11) is 3.26. The van der Waals surface area contributed by atoms with E-state index in [1.54, 1.807) is 20.4 Å². The molecule has 23 heavy (non-hydrogen) atoms. The average molecular weight is 331 g/mol. The van der Waals surface area contributed by atoms with E-state index in [0.717, 1.165) is 23.1 Å². The van der Waals surface area contributed by atoms with Crippen molar-refractivity contribution in [2.24, 2.45) is 0 Å². The molecule has 1 heterocycles. The topological polar surface area (TPSA) is 43.4 Å². The van der Waals surface area contributed by atoms with Gasteiger partial charge in [-0.15, -0.1) is 12.4 Å². The number of fused-ring (bicyclic) bond motifs is 1. The minimum absolute atomic E-state index is 0. The van der Waals surface area contributed by atoms with E-state index in [2.05, 4.69) is 22.4 Å². The van der Waals surface area contributed by atoms with Crippen molar-refractivity contribution < 1.29 is 9.47 Å². The number of nitrogens with zero attached hydrogens (tertiary/aromatic N) is 1. The normalized spacial score (nSPS) is 10.0. The van der Waals surface area contributed by atoms with Crippen LogP contribution in [0.1, 0.15) is 5.56 Å². The lowest BCUT2D eigenvalue weighted by atomic mass is 10.1. The second-order valence-electron chi connectivity index (χ2n) is 4.92. The van der Waals surface area contributed by atoms with Gasteiger partial charge in [0.05, 0.1) is 19.7 Å². The van der Waals surface area contributed by atoms with Crippen LogP contribution in [0.3, 0.4) is 0 Å². The molecule has 3 aromatic rings. The third-order valence-corrected chi connectivity index (χ3v) is 3.57. The number of methoxy groups -OCH3 is 2. The Morgan fingerprint density at radius 1 is 0.957 bits per heavy atom. The van der Waals surface area contributed by atoms with Crippen LogP contribution in [0.15, 0.2) is 54.7 Å². The van der Waals surface area contributed by atoms with Gasteiger partial charge in [0.2, 0.25) is 0 Å². The highest BCUT2D eigenvalue weighted by molar-refractivity contribution is 5.93. The monoisotopic (exact) mass is 330 g/mol. The van der Waals surface area contributed by atoms with E-state index in [1.165, 1.54) is 5.56 Å². The maximum Gasteiger partial charge on any atom is 0.162 e. The maximum absolute atomic E-state index is 5.38. The SMILES string of the molecule is COc1cc2nccc(NCc3ccccc3)c2cc1OC.Cl. The Kier molecular flexibility index (Phi) is 5.66. The molecular weight excluding hydrogens is 312 g/mol. The van der Waals surface area contributed by atoms with Crippen molar-refractivity contribution in [3.63, 3.8) is 0 Å². The third kappa shape index (κ3) is 3.66. The Bertz CT molecular complexity index is 779. The summed E-state index contributed by atoms with van der Waals surface area (Å²) in [6.07, 6.45) is 1.79. The smallest absolute Gasteiger partial charge is 0.162 e. The molecule has 0 aliphatic rings.